The summed E-state index contributed by atoms with van der Waals surface area (Å²) in [6.45, 7) is 6.30. The van der Waals surface area contributed by atoms with Crippen molar-refractivity contribution in [2.24, 2.45) is 0 Å². The van der Waals surface area contributed by atoms with Crippen LogP contribution in [0.5, 0.6) is 0 Å². The third-order valence-corrected chi connectivity index (χ3v) is 2.47. The molecule has 1 aliphatic rings. The summed E-state index contributed by atoms with van der Waals surface area (Å²) in [4.78, 5) is 13.2. The maximum absolute atomic E-state index is 11.7. The number of carbonyl (C=O) groups is 1. The summed E-state index contributed by atoms with van der Waals surface area (Å²) in [6, 6.07) is 0. The molecule has 0 bridgehead atoms. The number of aliphatic hydroxyl groups excluding tert-OH is 1. The van der Waals surface area contributed by atoms with Crippen LogP contribution in [0.4, 0.5) is 4.79 Å². The predicted octanol–water partition coefficient (Wildman–Crippen LogP) is 1.00. The molecule has 1 aliphatic heterocycles. The van der Waals surface area contributed by atoms with Crippen LogP contribution in [-0.2, 0) is 9.47 Å². The van der Waals surface area contributed by atoms with Gasteiger partial charge in [0.15, 0.2) is 0 Å². The molecule has 0 aromatic carbocycles. The lowest BCUT2D eigenvalue weighted by Crippen LogP contribution is -2.50. The average Bonchev–Trinajstić information content (AvgIpc) is 2.15. The highest BCUT2D eigenvalue weighted by molar-refractivity contribution is 5.68. The second-order valence-corrected chi connectivity index (χ2v) is 5.06. The Morgan fingerprint density at radius 1 is 1.44 bits per heavy atom. The monoisotopic (exact) mass is 231 g/mol. The number of nitrogens with zero attached hydrogens (tertiary/aromatic N) is 1. The molecule has 1 fully saturated rings. The molecule has 5 heteroatoms. The Kier molecular flexibility index (Phi) is 4.15. The van der Waals surface area contributed by atoms with Crippen LogP contribution in [-0.4, -0.2) is 54.1 Å². The van der Waals surface area contributed by atoms with Crippen molar-refractivity contribution in [3.8, 4) is 0 Å². The maximum Gasteiger partial charge on any atom is 0.410 e. The van der Waals surface area contributed by atoms with E-state index in [-0.39, 0.29) is 18.7 Å². The number of methoxy groups -OCH3 is 1. The molecule has 1 amide bonds. The smallest absolute Gasteiger partial charge is 0.410 e. The summed E-state index contributed by atoms with van der Waals surface area (Å²) in [7, 11) is 1.57. The molecule has 1 saturated heterocycles. The number of hydrogen-bond donors (Lipinski definition) is 1. The van der Waals surface area contributed by atoms with Crippen molar-refractivity contribution in [1.82, 2.24) is 4.90 Å². The van der Waals surface area contributed by atoms with E-state index in [0.717, 1.165) is 0 Å². The maximum atomic E-state index is 11.7. The normalized spacial score (nSPS) is 26.7. The van der Waals surface area contributed by atoms with Crippen LogP contribution >= 0.6 is 0 Å². The van der Waals surface area contributed by atoms with E-state index in [4.69, 9.17) is 9.47 Å². The zero-order chi connectivity index (χ0) is 12.3. The van der Waals surface area contributed by atoms with Crippen LogP contribution in [0.2, 0.25) is 0 Å². The van der Waals surface area contributed by atoms with Gasteiger partial charge in [0.05, 0.1) is 18.8 Å². The number of piperidine rings is 1. The van der Waals surface area contributed by atoms with E-state index in [2.05, 4.69) is 0 Å². The van der Waals surface area contributed by atoms with Gasteiger partial charge in [-0.2, -0.15) is 0 Å². The van der Waals surface area contributed by atoms with Gasteiger partial charge in [-0.05, 0) is 27.2 Å². The Hall–Kier alpha value is -0.810. The fraction of sp³-hybridized carbons (Fsp3) is 0.909. The van der Waals surface area contributed by atoms with Crippen molar-refractivity contribution in [1.29, 1.82) is 0 Å². The van der Waals surface area contributed by atoms with Crippen molar-refractivity contribution < 1.29 is 19.4 Å². The van der Waals surface area contributed by atoms with Crippen LogP contribution in [0.25, 0.3) is 0 Å². The molecule has 1 heterocycles. The molecule has 0 aliphatic carbocycles. The lowest BCUT2D eigenvalue weighted by molar-refractivity contribution is -0.0639. The molecular weight excluding hydrogens is 210 g/mol. The average molecular weight is 231 g/mol. The van der Waals surface area contributed by atoms with Gasteiger partial charge in [0.2, 0.25) is 0 Å². The Morgan fingerprint density at radius 3 is 2.50 bits per heavy atom. The van der Waals surface area contributed by atoms with Crippen LogP contribution < -0.4 is 0 Å². The summed E-state index contributed by atoms with van der Waals surface area (Å²) in [5.74, 6) is 0. The lowest BCUT2D eigenvalue weighted by atomic mass is 10.1. The molecule has 0 saturated carbocycles. The number of amides is 1. The first-order chi connectivity index (χ1) is 7.33. The number of likely N-dealkylation sites (tertiary alicyclic amines) is 1. The van der Waals surface area contributed by atoms with Gasteiger partial charge in [0.25, 0.3) is 0 Å². The van der Waals surface area contributed by atoms with E-state index in [1.165, 1.54) is 4.90 Å². The third-order valence-electron chi connectivity index (χ3n) is 2.47. The van der Waals surface area contributed by atoms with Gasteiger partial charge < -0.3 is 19.5 Å². The number of rotatable bonds is 1. The largest absolute Gasteiger partial charge is 0.444 e. The molecule has 94 valence electrons. The molecule has 0 aromatic rings. The van der Waals surface area contributed by atoms with E-state index in [0.29, 0.717) is 13.0 Å². The molecule has 5 nitrogen and oxygen atoms in total. The minimum absolute atomic E-state index is 0.182. The molecule has 0 radical (unpaired) electrons. The lowest BCUT2D eigenvalue weighted by Gasteiger charge is -2.35. The summed E-state index contributed by atoms with van der Waals surface area (Å²) in [6.07, 6.45) is -0.553. The van der Waals surface area contributed by atoms with E-state index in [9.17, 15) is 9.90 Å². The van der Waals surface area contributed by atoms with Gasteiger partial charge >= 0.3 is 6.09 Å². The number of hydrogen-bond acceptors (Lipinski definition) is 4. The first-order valence-electron chi connectivity index (χ1n) is 5.52. The van der Waals surface area contributed by atoms with Gasteiger partial charge in [-0.15, -0.1) is 0 Å². The summed E-state index contributed by atoms with van der Waals surface area (Å²) < 4.78 is 10.3. The SMILES string of the molecule is COC1CCN(C(=O)OC(C)(C)C)CC1O. The molecular formula is C11H21NO4. The summed E-state index contributed by atoms with van der Waals surface area (Å²) in [5.41, 5.74) is -0.500. The summed E-state index contributed by atoms with van der Waals surface area (Å²) in [5, 5.41) is 9.71. The topological polar surface area (TPSA) is 59.0 Å². The van der Waals surface area contributed by atoms with E-state index in [1.54, 1.807) is 7.11 Å². The van der Waals surface area contributed by atoms with Crippen molar-refractivity contribution in [3.05, 3.63) is 0 Å². The third kappa shape index (κ3) is 3.64. The molecule has 16 heavy (non-hydrogen) atoms. The Balaban J connectivity index is 2.48. The standard InChI is InChI=1S/C11H21NO4/c1-11(2,3)16-10(14)12-6-5-9(15-4)8(13)7-12/h8-9,13H,5-7H2,1-4H3. The van der Waals surface area contributed by atoms with E-state index >= 15 is 0 Å². The van der Waals surface area contributed by atoms with Gasteiger partial charge in [-0.3, -0.25) is 0 Å². The van der Waals surface area contributed by atoms with Crippen LogP contribution in [0.3, 0.4) is 0 Å². The van der Waals surface area contributed by atoms with Crippen molar-refractivity contribution in [2.45, 2.75) is 45.0 Å². The fourth-order valence-corrected chi connectivity index (χ4v) is 1.68. The fourth-order valence-electron chi connectivity index (χ4n) is 1.68. The van der Waals surface area contributed by atoms with Crippen molar-refractivity contribution >= 4 is 6.09 Å². The van der Waals surface area contributed by atoms with Crippen LogP contribution in [0.1, 0.15) is 27.2 Å². The Morgan fingerprint density at radius 2 is 2.06 bits per heavy atom. The van der Waals surface area contributed by atoms with E-state index in [1.807, 2.05) is 20.8 Å². The quantitative estimate of drug-likeness (QED) is 0.731. The second-order valence-electron chi connectivity index (χ2n) is 5.06. The Bertz CT molecular complexity index is 249. The predicted molar refractivity (Wildman–Crippen MR) is 59.2 cm³/mol. The number of ether oxygens (including phenoxy) is 2. The first kappa shape index (κ1) is 13.3. The number of aliphatic hydroxyl groups is 1. The molecule has 2 unspecified atom stereocenters. The molecule has 2 atom stereocenters. The minimum atomic E-state index is -0.633. The highest BCUT2D eigenvalue weighted by Gasteiger charge is 2.32. The van der Waals surface area contributed by atoms with Crippen LogP contribution in [0, 0.1) is 0 Å². The second kappa shape index (κ2) is 5.01. The zero-order valence-corrected chi connectivity index (χ0v) is 10.4. The van der Waals surface area contributed by atoms with Gasteiger partial charge in [0, 0.05) is 13.7 Å². The highest BCUT2D eigenvalue weighted by Crippen LogP contribution is 2.17. The molecule has 1 N–H and O–H groups in total. The Labute approximate surface area is 96.3 Å². The number of β-amino-alcohol motifs (C(OH)–C–C–N with tert-alkyl or cyclic N) is 1. The first-order valence-corrected chi connectivity index (χ1v) is 5.52. The van der Waals surface area contributed by atoms with Gasteiger partial charge in [0.1, 0.15) is 5.60 Å². The van der Waals surface area contributed by atoms with Crippen molar-refractivity contribution in [3.63, 3.8) is 0 Å². The molecule has 0 spiro atoms. The highest BCUT2D eigenvalue weighted by atomic mass is 16.6. The minimum Gasteiger partial charge on any atom is -0.444 e. The number of carbonyl (C=O) groups excluding carboxylic acids is 1. The molecule has 1 rings (SSSR count). The zero-order valence-electron chi connectivity index (χ0n) is 10.4. The molecule has 0 aromatic heterocycles. The van der Waals surface area contributed by atoms with Crippen molar-refractivity contribution in [2.75, 3.05) is 20.2 Å². The van der Waals surface area contributed by atoms with Gasteiger partial charge in [-0.25, -0.2) is 4.79 Å². The van der Waals surface area contributed by atoms with E-state index < -0.39 is 11.7 Å². The summed E-state index contributed by atoms with van der Waals surface area (Å²) >= 11 is 0. The van der Waals surface area contributed by atoms with Crippen LogP contribution in [0.15, 0.2) is 0 Å². The van der Waals surface area contributed by atoms with Gasteiger partial charge in [-0.1, -0.05) is 0 Å².